The number of rotatable bonds is 4. The van der Waals surface area contributed by atoms with Crippen LogP contribution in [0.5, 0.6) is 0 Å². The number of nitrogen functional groups attached to an aromatic ring is 1. The molecule has 4 nitrogen and oxygen atoms in total. The molecule has 0 bridgehead atoms. The second kappa shape index (κ2) is 6.63. The maximum absolute atomic E-state index is 6.01. The van der Waals surface area contributed by atoms with Crippen LogP contribution in [0.2, 0.25) is 10.0 Å². The van der Waals surface area contributed by atoms with Gasteiger partial charge in [0.1, 0.15) is 16.7 Å². The van der Waals surface area contributed by atoms with Crippen molar-refractivity contribution in [1.29, 1.82) is 0 Å². The highest BCUT2D eigenvalue weighted by Crippen LogP contribution is 2.34. The van der Waals surface area contributed by atoms with Gasteiger partial charge in [0, 0.05) is 26.9 Å². The first-order chi connectivity index (χ1) is 9.53. The fraction of sp³-hybridized carbons (Fsp3) is 0.231. The summed E-state index contributed by atoms with van der Waals surface area (Å²) < 4.78 is 0. The third-order valence-corrected chi connectivity index (χ3v) is 4.15. The molecule has 2 rings (SSSR count). The van der Waals surface area contributed by atoms with Crippen LogP contribution in [0.3, 0.4) is 0 Å². The van der Waals surface area contributed by atoms with Gasteiger partial charge in [0.05, 0.1) is 0 Å². The van der Waals surface area contributed by atoms with Gasteiger partial charge in [-0.25, -0.2) is 15.8 Å². The number of benzene rings is 1. The van der Waals surface area contributed by atoms with Gasteiger partial charge >= 0.3 is 0 Å². The van der Waals surface area contributed by atoms with E-state index in [1.54, 1.807) is 6.07 Å². The number of hydrazine groups is 1. The summed E-state index contributed by atoms with van der Waals surface area (Å²) in [5.74, 6) is 6.86. The van der Waals surface area contributed by atoms with Gasteiger partial charge in [-0.2, -0.15) is 0 Å². The fourth-order valence-electron chi connectivity index (χ4n) is 1.64. The predicted molar refractivity (Wildman–Crippen MR) is 84.5 cm³/mol. The Hall–Kier alpha value is -1.01. The highest BCUT2D eigenvalue weighted by atomic mass is 35.5. The van der Waals surface area contributed by atoms with Crippen LogP contribution in [0.15, 0.2) is 28.1 Å². The average Bonchev–Trinajstić information content (AvgIpc) is 2.40. The van der Waals surface area contributed by atoms with Gasteiger partial charge in [0.2, 0.25) is 0 Å². The summed E-state index contributed by atoms with van der Waals surface area (Å²) in [7, 11) is 0. The second-order valence-corrected chi connectivity index (χ2v) is 6.06. The second-order valence-electron chi connectivity index (χ2n) is 4.12. The minimum Gasteiger partial charge on any atom is -0.308 e. The van der Waals surface area contributed by atoms with Crippen LogP contribution in [0.1, 0.15) is 18.3 Å². The van der Waals surface area contributed by atoms with E-state index >= 15 is 0 Å². The summed E-state index contributed by atoms with van der Waals surface area (Å²) in [4.78, 5) is 9.78. The quantitative estimate of drug-likeness (QED) is 0.502. The van der Waals surface area contributed by atoms with Gasteiger partial charge in [0.25, 0.3) is 0 Å². The van der Waals surface area contributed by atoms with Crippen molar-refractivity contribution in [1.82, 2.24) is 9.97 Å². The Kier molecular flexibility index (Phi) is 5.10. The molecule has 1 aromatic carbocycles. The molecule has 0 unspecified atom stereocenters. The third kappa shape index (κ3) is 3.55. The first kappa shape index (κ1) is 15.4. The zero-order chi connectivity index (χ0) is 14.7. The lowest BCUT2D eigenvalue weighted by Gasteiger charge is -2.11. The lowest BCUT2D eigenvalue weighted by atomic mass is 10.3. The van der Waals surface area contributed by atoms with E-state index in [4.69, 9.17) is 29.0 Å². The van der Waals surface area contributed by atoms with E-state index in [1.165, 1.54) is 11.8 Å². The van der Waals surface area contributed by atoms with Crippen molar-refractivity contribution in [2.75, 3.05) is 5.43 Å². The lowest BCUT2D eigenvalue weighted by molar-refractivity contribution is 0.871. The first-order valence-electron chi connectivity index (χ1n) is 6.01. The molecule has 1 heterocycles. The molecule has 3 N–H and O–H groups in total. The Morgan fingerprint density at radius 2 is 1.85 bits per heavy atom. The summed E-state index contributed by atoms with van der Waals surface area (Å²) in [5, 5.41) is 2.03. The monoisotopic (exact) mass is 328 g/mol. The standard InChI is InChI=1S/C13H14Cl2N4S/c1-3-11-17-12(19-16)7(2)13(18-11)20-10-5-8(14)4-9(15)6-10/h4-6H,3,16H2,1-2H3,(H,17,18,19). The smallest absolute Gasteiger partial charge is 0.147 e. The molecule has 0 aliphatic rings. The molecule has 20 heavy (non-hydrogen) atoms. The number of aryl methyl sites for hydroxylation is 1. The lowest BCUT2D eigenvalue weighted by Crippen LogP contribution is -2.13. The third-order valence-electron chi connectivity index (χ3n) is 2.65. The SMILES string of the molecule is CCc1nc(NN)c(C)c(Sc2cc(Cl)cc(Cl)c2)n1. The number of anilines is 1. The van der Waals surface area contributed by atoms with Crippen molar-refractivity contribution < 1.29 is 0 Å². The molecule has 0 saturated heterocycles. The van der Waals surface area contributed by atoms with Gasteiger partial charge in [0.15, 0.2) is 0 Å². The normalized spacial score (nSPS) is 10.7. The molecular weight excluding hydrogens is 315 g/mol. The molecule has 0 aliphatic heterocycles. The Morgan fingerprint density at radius 1 is 1.20 bits per heavy atom. The van der Waals surface area contributed by atoms with Crippen LogP contribution in [-0.4, -0.2) is 9.97 Å². The van der Waals surface area contributed by atoms with E-state index in [-0.39, 0.29) is 0 Å². The number of halogens is 2. The summed E-state index contributed by atoms with van der Waals surface area (Å²) in [6, 6.07) is 5.39. The Bertz CT molecular complexity index is 614. The van der Waals surface area contributed by atoms with E-state index in [9.17, 15) is 0 Å². The summed E-state index contributed by atoms with van der Waals surface area (Å²) in [6.07, 6.45) is 0.735. The number of nitrogens with two attached hydrogens (primary N) is 1. The fourth-order valence-corrected chi connectivity index (χ4v) is 3.29. The number of hydrogen-bond donors (Lipinski definition) is 2. The topological polar surface area (TPSA) is 63.8 Å². The largest absolute Gasteiger partial charge is 0.308 e. The van der Waals surface area contributed by atoms with Crippen molar-refractivity contribution in [2.24, 2.45) is 5.84 Å². The van der Waals surface area contributed by atoms with Crippen LogP contribution in [0.4, 0.5) is 5.82 Å². The van der Waals surface area contributed by atoms with Gasteiger partial charge < -0.3 is 5.43 Å². The summed E-state index contributed by atoms with van der Waals surface area (Å²) in [6.45, 7) is 3.92. The van der Waals surface area contributed by atoms with Gasteiger partial charge in [-0.1, -0.05) is 41.9 Å². The maximum Gasteiger partial charge on any atom is 0.147 e. The van der Waals surface area contributed by atoms with E-state index in [1.807, 2.05) is 26.0 Å². The number of aromatic nitrogens is 2. The van der Waals surface area contributed by atoms with Crippen molar-refractivity contribution in [3.05, 3.63) is 39.6 Å². The van der Waals surface area contributed by atoms with Crippen LogP contribution in [0, 0.1) is 6.92 Å². The van der Waals surface area contributed by atoms with Crippen LogP contribution in [-0.2, 0) is 6.42 Å². The van der Waals surface area contributed by atoms with Crippen molar-refractivity contribution >= 4 is 40.8 Å². The van der Waals surface area contributed by atoms with E-state index in [0.717, 1.165) is 27.7 Å². The predicted octanol–water partition coefficient (Wildman–Crippen LogP) is 4.09. The van der Waals surface area contributed by atoms with Crippen LogP contribution in [0.25, 0.3) is 0 Å². The molecule has 0 atom stereocenters. The molecule has 106 valence electrons. The first-order valence-corrected chi connectivity index (χ1v) is 7.58. The van der Waals surface area contributed by atoms with Gasteiger partial charge in [-0.15, -0.1) is 0 Å². The summed E-state index contributed by atoms with van der Waals surface area (Å²) >= 11 is 13.5. The molecule has 0 fully saturated rings. The molecule has 0 radical (unpaired) electrons. The molecule has 0 saturated carbocycles. The molecule has 2 aromatic rings. The van der Waals surface area contributed by atoms with Gasteiger partial charge in [-0.05, 0) is 25.1 Å². The minimum absolute atomic E-state index is 0.597. The number of nitrogens with one attached hydrogen (secondary N) is 1. The van der Waals surface area contributed by atoms with Crippen molar-refractivity contribution in [3.63, 3.8) is 0 Å². The molecule has 7 heteroatoms. The zero-order valence-corrected chi connectivity index (χ0v) is 13.4. The Labute approximate surface area is 132 Å². The highest BCUT2D eigenvalue weighted by molar-refractivity contribution is 7.99. The molecule has 0 amide bonds. The summed E-state index contributed by atoms with van der Waals surface area (Å²) in [5.41, 5.74) is 3.50. The Morgan fingerprint density at radius 3 is 2.40 bits per heavy atom. The van der Waals surface area contributed by atoms with Crippen LogP contribution >= 0.6 is 35.0 Å². The van der Waals surface area contributed by atoms with Crippen molar-refractivity contribution in [2.45, 2.75) is 30.2 Å². The molecule has 0 aliphatic carbocycles. The maximum atomic E-state index is 6.01. The van der Waals surface area contributed by atoms with E-state index in [0.29, 0.717) is 15.9 Å². The zero-order valence-electron chi connectivity index (χ0n) is 11.1. The Balaban J connectivity index is 2.41. The minimum atomic E-state index is 0.597. The van der Waals surface area contributed by atoms with Gasteiger partial charge in [-0.3, -0.25) is 0 Å². The van der Waals surface area contributed by atoms with E-state index in [2.05, 4.69) is 15.4 Å². The molecular formula is C13H14Cl2N4S. The number of hydrogen-bond acceptors (Lipinski definition) is 5. The molecule has 1 aromatic heterocycles. The van der Waals surface area contributed by atoms with Crippen LogP contribution < -0.4 is 11.3 Å². The highest BCUT2D eigenvalue weighted by Gasteiger charge is 2.11. The van der Waals surface area contributed by atoms with Crippen molar-refractivity contribution in [3.8, 4) is 0 Å². The average molecular weight is 329 g/mol. The van der Waals surface area contributed by atoms with E-state index < -0.39 is 0 Å². The number of nitrogens with zero attached hydrogens (tertiary/aromatic N) is 2. The molecule has 0 spiro atoms.